The number of ether oxygens (including phenoxy) is 1. The van der Waals surface area contributed by atoms with Crippen molar-refractivity contribution in [3.05, 3.63) is 27.6 Å². The fourth-order valence-corrected chi connectivity index (χ4v) is 1.27. The highest BCUT2D eigenvalue weighted by atomic mass is 19.4. The lowest BCUT2D eigenvalue weighted by Crippen LogP contribution is -2.15. The Kier molecular flexibility index (Phi) is 3.67. The second kappa shape index (κ2) is 4.70. The molecule has 0 spiro atoms. The van der Waals surface area contributed by atoms with Crippen LogP contribution in [0.1, 0.15) is 17.7 Å². The van der Waals surface area contributed by atoms with Crippen LogP contribution < -0.4 is 4.74 Å². The summed E-state index contributed by atoms with van der Waals surface area (Å²) in [5.41, 5.74) is -5.37. The number of hydrogen-bond acceptors (Lipinski definition) is 4. The number of halogens is 5. The minimum atomic E-state index is -5.34. The summed E-state index contributed by atoms with van der Waals surface area (Å²) in [5, 5.41) is 10.6. The van der Waals surface area contributed by atoms with Crippen molar-refractivity contribution in [3.8, 4) is 5.75 Å². The van der Waals surface area contributed by atoms with Gasteiger partial charge < -0.3 is 4.74 Å². The summed E-state index contributed by atoms with van der Waals surface area (Å²) >= 11 is 0. The van der Waals surface area contributed by atoms with Crippen LogP contribution in [-0.4, -0.2) is 17.0 Å². The first-order valence-electron chi connectivity index (χ1n) is 4.26. The summed E-state index contributed by atoms with van der Waals surface area (Å²) in [6, 6.07) is 0. The van der Waals surface area contributed by atoms with E-state index in [1.807, 2.05) is 0 Å². The second-order valence-corrected chi connectivity index (χ2v) is 2.99. The normalized spacial score (nSPS) is 11.7. The predicted molar refractivity (Wildman–Crippen MR) is 47.4 cm³/mol. The Morgan fingerprint density at radius 3 is 2.33 bits per heavy atom. The standard InChI is InChI=1S/C8H5F5N2O3/c1-18-3-2-14-5(7(9)10)4(8(11,12)13)6(3)15(16)17/h2,7H,1H3. The maximum absolute atomic E-state index is 12.6. The zero-order valence-corrected chi connectivity index (χ0v) is 8.66. The van der Waals surface area contributed by atoms with Crippen LogP contribution in [0.25, 0.3) is 0 Å². The number of methoxy groups -OCH3 is 1. The lowest BCUT2D eigenvalue weighted by Gasteiger charge is -2.13. The minimum absolute atomic E-state index is 0.453. The molecule has 1 aromatic rings. The maximum atomic E-state index is 12.6. The Balaban J connectivity index is 3.71. The fraction of sp³-hybridized carbons (Fsp3) is 0.375. The molecule has 0 amide bonds. The van der Waals surface area contributed by atoms with E-state index in [-0.39, 0.29) is 0 Å². The molecule has 0 aliphatic heterocycles. The van der Waals surface area contributed by atoms with Gasteiger partial charge in [-0.1, -0.05) is 0 Å². The molecule has 100 valence electrons. The largest absolute Gasteiger partial charge is 0.489 e. The summed E-state index contributed by atoms with van der Waals surface area (Å²) in [6.45, 7) is 0. The molecule has 0 aromatic carbocycles. The van der Waals surface area contributed by atoms with Gasteiger partial charge in [0, 0.05) is 0 Å². The topological polar surface area (TPSA) is 65.3 Å². The number of nitro groups is 1. The van der Waals surface area contributed by atoms with Gasteiger partial charge in [-0.15, -0.1) is 0 Å². The number of nitrogens with zero attached hydrogens (tertiary/aromatic N) is 2. The molecular weight excluding hydrogens is 267 g/mol. The van der Waals surface area contributed by atoms with Crippen LogP contribution >= 0.6 is 0 Å². The predicted octanol–water partition coefficient (Wildman–Crippen LogP) is 2.95. The van der Waals surface area contributed by atoms with Gasteiger partial charge in [-0.2, -0.15) is 13.2 Å². The van der Waals surface area contributed by atoms with Crippen LogP contribution in [0.3, 0.4) is 0 Å². The molecule has 0 unspecified atom stereocenters. The summed E-state index contributed by atoms with van der Waals surface area (Å²) in [6.07, 6.45) is -8.48. The van der Waals surface area contributed by atoms with E-state index in [1.54, 1.807) is 0 Å². The highest BCUT2D eigenvalue weighted by Crippen LogP contribution is 2.44. The van der Waals surface area contributed by atoms with Crippen molar-refractivity contribution in [1.29, 1.82) is 0 Å². The van der Waals surface area contributed by atoms with Crippen LogP contribution in [0.15, 0.2) is 6.20 Å². The van der Waals surface area contributed by atoms with Crippen molar-refractivity contribution in [3.63, 3.8) is 0 Å². The van der Waals surface area contributed by atoms with E-state index in [2.05, 4.69) is 9.72 Å². The number of alkyl halides is 5. The molecule has 10 heteroatoms. The minimum Gasteiger partial charge on any atom is -0.489 e. The van der Waals surface area contributed by atoms with Crippen LogP contribution in [0.4, 0.5) is 27.6 Å². The van der Waals surface area contributed by atoms with E-state index < -0.39 is 40.2 Å². The van der Waals surface area contributed by atoms with Crippen molar-refractivity contribution >= 4 is 5.69 Å². The molecule has 5 nitrogen and oxygen atoms in total. The molecule has 0 radical (unpaired) electrons. The molecule has 0 saturated carbocycles. The van der Waals surface area contributed by atoms with Crippen molar-refractivity contribution < 1.29 is 31.6 Å². The summed E-state index contributed by atoms with van der Waals surface area (Å²) in [5.74, 6) is -0.836. The van der Waals surface area contributed by atoms with Gasteiger partial charge in [0.25, 0.3) is 6.43 Å². The monoisotopic (exact) mass is 272 g/mol. The van der Waals surface area contributed by atoms with Crippen molar-refractivity contribution in [2.75, 3.05) is 7.11 Å². The van der Waals surface area contributed by atoms with Crippen LogP contribution in [0, 0.1) is 10.1 Å². The van der Waals surface area contributed by atoms with Gasteiger partial charge in [0.05, 0.1) is 18.2 Å². The average molecular weight is 272 g/mol. The maximum Gasteiger partial charge on any atom is 0.425 e. The summed E-state index contributed by atoms with van der Waals surface area (Å²) in [4.78, 5) is 12.0. The highest BCUT2D eigenvalue weighted by molar-refractivity contribution is 5.55. The SMILES string of the molecule is COc1cnc(C(F)F)c(C(F)(F)F)c1[N+](=O)[O-]. The lowest BCUT2D eigenvalue weighted by atomic mass is 10.1. The van der Waals surface area contributed by atoms with Crippen LogP contribution in [-0.2, 0) is 6.18 Å². The molecule has 1 rings (SSSR count). The average Bonchev–Trinajstić information content (AvgIpc) is 2.25. The van der Waals surface area contributed by atoms with E-state index in [1.165, 1.54) is 0 Å². The van der Waals surface area contributed by atoms with Crippen molar-refractivity contribution in [2.24, 2.45) is 0 Å². The van der Waals surface area contributed by atoms with E-state index >= 15 is 0 Å². The molecule has 1 aromatic heterocycles. The third-order valence-corrected chi connectivity index (χ3v) is 1.94. The van der Waals surface area contributed by atoms with Crippen molar-refractivity contribution in [2.45, 2.75) is 12.6 Å². The molecule has 0 bridgehead atoms. The van der Waals surface area contributed by atoms with Crippen LogP contribution in [0.5, 0.6) is 5.75 Å². The van der Waals surface area contributed by atoms with E-state index in [4.69, 9.17) is 0 Å². The first kappa shape index (κ1) is 14.1. The Labute approximate surface area is 96.3 Å². The lowest BCUT2D eigenvalue weighted by molar-refractivity contribution is -0.389. The van der Waals surface area contributed by atoms with Crippen LogP contribution in [0.2, 0.25) is 0 Å². The Hall–Kier alpha value is -2.00. The van der Waals surface area contributed by atoms with Gasteiger partial charge >= 0.3 is 11.9 Å². The smallest absolute Gasteiger partial charge is 0.425 e. The van der Waals surface area contributed by atoms with Gasteiger partial charge in [-0.3, -0.25) is 15.1 Å². The van der Waals surface area contributed by atoms with E-state index in [0.29, 0.717) is 6.20 Å². The molecule has 0 N–H and O–H groups in total. The Morgan fingerprint density at radius 1 is 1.44 bits per heavy atom. The molecule has 1 heterocycles. The van der Waals surface area contributed by atoms with E-state index in [0.717, 1.165) is 7.11 Å². The molecule has 0 fully saturated rings. The quantitative estimate of drug-likeness (QED) is 0.482. The zero-order valence-electron chi connectivity index (χ0n) is 8.66. The Morgan fingerprint density at radius 2 is 2.00 bits per heavy atom. The second-order valence-electron chi connectivity index (χ2n) is 2.99. The third kappa shape index (κ3) is 2.46. The van der Waals surface area contributed by atoms with E-state index in [9.17, 15) is 32.1 Å². The van der Waals surface area contributed by atoms with Gasteiger partial charge in [0.1, 0.15) is 5.69 Å². The Bertz CT molecular complexity index is 475. The molecule has 0 atom stereocenters. The first-order chi connectivity index (χ1) is 8.20. The molecule has 0 aliphatic rings. The molecular formula is C8H5F5N2O3. The number of pyridine rings is 1. The number of rotatable bonds is 3. The molecule has 0 aliphatic carbocycles. The molecule has 18 heavy (non-hydrogen) atoms. The molecule has 0 saturated heterocycles. The number of hydrogen-bond donors (Lipinski definition) is 0. The third-order valence-electron chi connectivity index (χ3n) is 1.94. The first-order valence-corrected chi connectivity index (χ1v) is 4.26. The highest BCUT2D eigenvalue weighted by Gasteiger charge is 2.46. The summed E-state index contributed by atoms with van der Waals surface area (Å²) in [7, 11) is 0.867. The van der Waals surface area contributed by atoms with Crippen molar-refractivity contribution in [1.82, 2.24) is 4.98 Å². The van der Waals surface area contributed by atoms with Gasteiger partial charge in [-0.25, -0.2) is 8.78 Å². The van der Waals surface area contributed by atoms with Gasteiger partial charge in [0.2, 0.25) is 5.75 Å². The van der Waals surface area contributed by atoms with Gasteiger partial charge in [0.15, 0.2) is 5.56 Å². The zero-order chi connectivity index (χ0) is 14.1. The summed E-state index contributed by atoms with van der Waals surface area (Å²) < 4.78 is 67.0. The van der Waals surface area contributed by atoms with Gasteiger partial charge in [-0.05, 0) is 0 Å². The number of aromatic nitrogens is 1. The fourth-order valence-electron chi connectivity index (χ4n) is 1.27.